The zero-order valence-corrected chi connectivity index (χ0v) is 17.2. The van der Waals surface area contributed by atoms with Crippen molar-refractivity contribution in [3.05, 3.63) is 48.0 Å². The topological polar surface area (TPSA) is 53.1 Å². The van der Waals surface area contributed by atoms with Crippen molar-refractivity contribution in [1.82, 2.24) is 4.90 Å². The molecule has 1 heterocycles. The summed E-state index contributed by atoms with van der Waals surface area (Å²) < 4.78 is 33.5. The standard InChI is InChI=1S/C20H27N3O3S/c1-16-15-17(26-4)9-10-20(16)27(24,25)23-14-13-22(12-11-21(2)3)18-7-5-6-8-19(18)23/h5-10,15H,11-14H2,1-4H3. The van der Waals surface area contributed by atoms with Crippen LogP contribution >= 0.6 is 0 Å². The van der Waals surface area contributed by atoms with Gasteiger partial charge in [0.2, 0.25) is 0 Å². The molecule has 0 unspecified atom stereocenters. The molecule has 27 heavy (non-hydrogen) atoms. The third kappa shape index (κ3) is 3.89. The predicted molar refractivity (Wildman–Crippen MR) is 109 cm³/mol. The second kappa shape index (κ2) is 7.78. The highest BCUT2D eigenvalue weighted by Crippen LogP contribution is 2.37. The summed E-state index contributed by atoms with van der Waals surface area (Å²) in [5.74, 6) is 0.653. The summed E-state index contributed by atoms with van der Waals surface area (Å²) in [5.41, 5.74) is 2.37. The Bertz CT molecular complexity index is 912. The monoisotopic (exact) mass is 389 g/mol. The molecular weight excluding hydrogens is 362 g/mol. The highest BCUT2D eigenvalue weighted by molar-refractivity contribution is 7.93. The molecule has 0 saturated carbocycles. The molecule has 0 spiro atoms. The Morgan fingerprint density at radius 3 is 2.41 bits per heavy atom. The van der Waals surface area contributed by atoms with Crippen LogP contribution in [0.1, 0.15) is 5.56 Å². The number of ether oxygens (including phenoxy) is 1. The molecule has 0 amide bonds. The molecular formula is C20H27N3O3S. The third-order valence-electron chi connectivity index (χ3n) is 4.83. The first-order chi connectivity index (χ1) is 12.8. The largest absolute Gasteiger partial charge is 0.497 e. The lowest BCUT2D eigenvalue weighted by molar-refractivity contribution is 0.412. The lowest BCUT2D eigenvalue weighted by Crippen LogP contribution is -2.45. The number of hydrogen-bond acceptors (Lipinski definition) is 5. The van der Waals surface area contributed by atoms with Gasteiger partial charge in [-0.1, -0.05) is 12.1 Å². The first kappa shape index (κ1) is 19.5. The molecule has 146 valence electrons. The number of nitrogens with zero attached hydrogens (tertiary/aromatic N) is 3. The van der Waals surface area contributed by atoms with E-state index >= 15 is 0 Å². The summed E-state index contributed by atoms with van der Waals surface area (Å²) in [5, 5.41) is 0. The molecule has 2 aromatic rings. The number of fused-ring (bicyclic) bond motifs is 1. The Morgan fingerprint density at radius 2 is 1.78 bits per heavy atom. The van der Waals surface area contributed by atoms with Gasteiger partial charge in [0.1, 0.15) is 5.75 Å². The second-order valence-corrected chi connectivity index (χ2v) is 8.82. The number of anilines is 2. The van der Waals surface area contributed by atoms with Crippen LogP contribution in [0.25, 0.3) is 0 Å². The van der Waals surface area contributed by atoms with Crippen LogP contribution in [-0.2, 0) is 10.0 Å². The van der Waals surface area contributed by atoms with Crippen LogP contribution in [0.5, 0.6) is 5.75 Å². The van der Waals surface area contributed by atoms with E-state index in [9.17, 15) is 8.42 Å². The fraction of sp³-hybridized carbons (Fsp3) is 0.400. The predicted octanol–water partition coefficient (Wildman–Crippen LogP) is 2.58. The van der Waals surface area contributed by atoms with E-state index in [1.54, 1.807) is 32.2 Å². The van der Waals surface area contributed by atoms with Crippen molar-refractivity contribution < 1.29 is 13.2 Å². The number of benzene rings is 2. The Morgan fingerprint density at radius 1 is 1.07 bits per heavy atom. The van der Waals surface area contributed by atoms with Gasteiger partial charge < -0.3 is 14.5 Å². The first-order valence-electron chi connectivity index (χ1n) is 9.00. The van der Waals surface area contributed by atoms with Gasteiger partial charge in [-0.3, -0.25) is 4.31 Å². The minimum atomic E-state index is -3.65. The van der Waals surface area contributed by atoms with E-state index < -0.39 is 10.0 Å². The fourth-order valence-corrected chi connectivity index (χ4v) is 5.03. The van der Waals surface area contributed by atoms with Crippen LogP contribution in [0.4, 0.5) is 11.4 Å². The van der Waals surface area contributed by atoms with Crippen LogP contribution in [0.2, 0.25) is 0 Å². The molecule has 2 aromatic carbocycles. The van der Waals surface area contributed by atoms with Crippen molar-refractivity contribution in [2.24, 2.45) is 0 Å². The first-order valence-corrected chi connectivity index (χ1v) is 10.4. The molecule has 0 atom stereocenters. The Labute approximate surface area is 162 Å². The van der Waals surface area contributed by atoms with Crippen LogP contribution < -0.4 is 13.9 Å². The van der Waals surface area contributed by atoms with Crippen LogP contribution in [0, 0.1) is 6.92 Å². The van der Waals surface area contributed by atoms with Gasteiger partial charge in [0.05, 0.1) is 29.9 Å². The van der Waals surface area contributed by atoms with E-state index in [-0.39, 0.29) is 0 Å². The van der Waals surface area contributed by atoms with Gasteiger partial charge in [-0.15, -0.1) is 0 Å². The number of para-hydroxylation sites is 2. The van der Waals surface area contributed by atoms with Gasteiger partial charge in [-0.25, -0.2) is 8.42 Å². The highest BCUT2D eigenvalue weighted by atomic mass is 32.2. The smallest absolute Gasteiger partial charge is 0.264 e. The Hall–Kier alpha value is -2.25. The minimum absolute atomic E-state index is 0.319. The van der Waals surface area contributed by atoms with Gasteiger partial charge in [0.25, 0.3) is 10.0 Å². The van der Waals surface area contributed by atoms with Gasteiger partial charge >= 0.3 is 0 Å². The number of rotatable bonds is 6. The molecule has 7 heteroatoms. The Kier molecular flexibility index (Phi) is 5.62. The van der Waals surface area contributed by atoms with Crippen molar-refractivity contribution in [3.8, 4) is 5.75 Å². The van der Waals surface area contributed by atoms with E-state index in [2.05, 4.69) is 9.80 Å². The van der Waals surface area contributed by atoms with Crippen molar-refractivity contribution in [3.63, 3.8) is 0 Å². The van der Waals surface area contributed by atoms with Crippen LogP contribution in [-0.4, -0.2) is 60.7 Å². The fourth-order valence-electron chi connectivity index (χ4n) is 3.35. The van der Waals surface area contributed by atoms with Gasteiger partial charge in [-0.05, 0) is 56.9 Å². The summed E-state index contributed by atoms with van der Waals surface area (Å²) in [7, 11) is 2.01. The zero-order chi connectivity index (χ0) is 19.6. The molecule has 6 nitrogen and oxygen atoms in total. The van der Waals surface area contributed by atoms with Crippen molar-refractivity contribution in [1.29, 1.82) is 0 Å². The summed E-state index contributed by atoms with van der Waals surface area (Å²) in [6.45, 7) is 4.67. The number of likely N-dealkylation sites (N-methyl/N-ethyl adjacent to an activating group) is 1. The van der Waals surface area contributed by atoms with E-state index in [4.69, 9.17) is 4.74 Å². The van der Waals surface area contributed by atoms with Crippen molar-refractivity contribution in [2.45, 2.75) is 11.8 Å². The highest BCUT2D eigenvalue weighted by Gasteiger charge is 2.32. The normalized spacial score (nSPS) is 14.4. The lowest BCUT2D eigenvalue weighted by atomic mass is 10.2. The third-order valence-corrected chi connectivity index (χ3v) is 6.80. The van der Waals surface area contributed by atoms with Crippen LogP contribution in [0.3, 0.4) is 0 Å². The van der Waals surface area contributed by atoms with Gasteiger partial charge in [-0.2, -0.15) is 0 Å². The Balaban J connectivity index is 1.98. The molecule has 0 aliphatic carbocycles. The molecule has 0 radical (unpaired) electrons. The molecule has 0 aromatic heterocycles. The van der Waals surface area contributed by atoms with Gasteiger partial charge in [0.15, 0.2) is 0 Å². The second-order valence-electron chi connectivity index (χ2n) is 6.99. The minimum Gasteiger partial charge on any atom is -0.497 e. The maximum Gasteiger partial charge on any atom is 0.264 e. The molecule has 0 saturated heterocycles. The number of sulfonamides is 1. The molecule has 0 N–H and O–H groups in total. The van der Waals surface area contributed by atoms with Crippen molar-refractivity contribution >= 4 is 21.4 Å². The van der Waals surface area contributed by atoms with Gasteiger partial charge in [0, 0.05) is 19.6 Å². The molecule has 0 bridgehead atoms. The number of hydrogen-bond donors (Lipinski definition) is 0. The zero-order valence-electron chi connectivity index (χ0n) is 16.3. The SMILES string of the molecule is COc1ccc(S(=O)(=O)N2CCN(CCN(C)C)c3ccccc32)c(C)c1. The van der Waals surface area contributed by atoms with E-state index in [0.717, 1.165) is 24.5 Å². The summed E-state index contributed by atoms with van der Waals surface area (Å²) in [4.78, 5) is 4.70. The number of aryl methyl sites for hydroxylation is 1. The summed E-state index contributed by atoms with van der Waals surface area (Å²) in [6, 6.07) is 12.8. The summed E-state index contributed by atoms with van der Waals surface area (Å²) in [6.07, 6.45) is 0. The maximum atomic E-state index is 13.4. The molecule has 0 fully saturated rings. The number of methoxy groups -OCH3 is 1. The molecule has 3 rings (SSSR count). The molecule has 1 aliphatic heterocycles. The summed E-state index contributed by atoms with van der Waals surface area (Å²) >= 11 is 0. The van der Waals surface area contributed by atoms with Crippen molar-refractivity contribution in [2.75, 3.05) is 56.6 Å². The quantitative estimate of drug-likeness (QED) is 0.760. The lowest BCUT2D eigenvalue weighted by Gasteiger charge is -2.38. The van der Waals surface area contributed by atoms with E-state index in [1.807, 2.05) is 38.4 Å². The van der Waals surface area contributed by atoms with E-state index in [0.29, 0.717) is 29.3 Å². The van der Waals surface area contributed by atoms with Crippen LogP contribution in [0.15, 0.2) is 47.4 Å². The van der Waals surface area contributed by atoms with E-state index in [1.165, 1.54) is 4.31 Å². The maximum absolute atomic E-state index is 13.4. The average molecular weight is 390 g/mol. The molecule has 1 aliphatic rings. The average Bonchev–Trinajstić information content (AvgIpc) is 2.65.